The third-order valence-corrected chi connectivity index (χ3v) is 8.43. The van der Waals surface area contributed by atoms with E-state index in [0.717, 1.165) is 72.7 Å². The number of carbonyl (C=O) groups is 1. The zero-order valence-corrected chi connectivity index (χ0v) is 25.4. The smallest absolute Gasteiger partial charge is 0.330 e. The summed E-state index contributed by atoms with van der Waals surface area (Å²) in [4.78, 5) is 33.6. The van der Waals surface area contributed by atoms with Gasteiger partial charge < -0.3 is 25.0 Å². The number of halogens is 1. The summed E-state index contributed by atoms with van der Waals surface area (Å²) < 4.78 is 7.59. The molecule has 0 atom stereocenters. The van der Waals surface area contributed by atoms with Crippen LogP contribution in [0.3, 0.4) is 0 Å². The van der Waals surface area contributed by atoms with E-state index in [9.17, 15) is 14.7 Å². The minimum absolute atomic E-state index is 0.142. The number of nitrogens with one attached hydrogen (secondary N) is 2. The number of aromatic hydroxyl groups is 1. The number of phenols is 1. The van der Waals surface area contributed by atoms with Crippen molar-refractivity contribution < 1.29 is 14.6 Å². The maximum Gasteiger partial charge on any atom is 0.330 e. The fourth-order valence-electron chi connectivity index (χ4n) is 5.92. The molecule has 0 aliphatic carbocycles. The number of aromatic amines is 1. The molecule has 0 amide bonds. The molecule has 6 rings (SSSR count). The van der Waals surface area contributed by atoms with Crippen LogP contribution in [0, 0.1) is 0 Å². The van der Waals surface area contributed by atoms with Crippen LogP contribution in [0.2, 0.25) is 5.02 Å². The molecule has 10 heteroatoms. The Morgan fingerprint density at radius 2 is 1.91 bits per heavy atom. The molecule has 0 radical (unpaired) electrons. The van der Waals surface area contributed by atoms with Crippen molar-refractivity contribution in [1.29, 1.82) is 0 Å². The maximum absolute atomic E-state index is 13.3. The molecule has 44 heavy (non-hydrogen) atoms. The largest absolute Gasteiger partial charge is 0.507 e. The number of nitrogens with zero attached hydrogens (tertiary/aromatic N) is 3. The Morgan fingerprint density at radius 1 is 1.09 bits per heavy atom. The van der Waals surface area contributed by atoms with Gasteiger partial charge in [0.05, 0.1) is 23.2 Å². The molecule has 0 bridgehead atoms. The highest BCUT2D eigenvalue weighted by atomic mass is 35.5. The summed E-state index contributed by atoms with van der Waals surface area (Å²) in [6.45, 7) is 7.79. The third kappa shape index (κ3) is 6.31. The number of ether oxygens (including phenoxy) is 1. The van der Waals surface area contributed by atoms with E-state index in [1.54, 1.807) is 16.7 Å². The van der Waals surface area contributed by atoms with Crippen LogP contribution in [0.1, 0.15) is 34.8 Å². The number of hydrogen-bond acceptors (Lipinski definition) is 7. The molecule has 0 spiro atoms. The molecule has 2 aliphatic heterocycles. The fourth-order valence-corrected chi connectivity index (χ4v) is 6.15. The number of anilines is 1. The van der Waals surface area contributed by atoms with Crippen molar-refractivity contribution in [2.45, 2.75) is 19.9 Å². The zero-order valence-electron chi connectivity index (χ0n) is 24.7. The number of carbonyl (C=O) groups excluding carboxylic acids is 1. The lowest BCUT2D eigenvalue weighted by atomic mass is 10.0. The second kappa shape index (κ2) is 13.1. The molecule has 1 aromatic heterocycles. The van der Waals surface area contributed by atoms with E-state index in [4.69, 9.17) is 16.3 Å². The summed E-state index contributed by atoms with van der Waals surface area (Å²) in [5.74, 6) is 0.0487. The predicted octanol–water partition coefficient (Wildman–Crippen LogP) is 5.14. The first-order valence-electron chi connectivity index (χ1n) is 15.0. The maximum atomic E-state index is 13.3. The van der Waals surface area contributed by atoms with Gasteiger partial charge in [-0.25, -0.2) is 4.79 Å². The first-order chi connectivity index (χ1) is 21.4. The van der Waals surface area contributed by atoms with E-state index < -0.39 is 0 Å². The first kappa shape index (κ1) is 29.7. The highest BCUT2D eigenvalue weighted by molar-refractivity contribution is 6.32. The van der Waals surface area contributed by atoms with Gasteiger partial charge in [0.1, 0.15) is 11.5 Å². The van der Waals surface area contributed by atoms with Crippen molar-refractivity contribution in [2.75, 3.05) is 50.8 Å². The van der Waals surface area contributed by atoms with Gasteiger partial charge in [0.2, 0.25) is 0 Å². The number of imidazole rings is 1. The number of allylic oxidation sites excluding steroid dienone is 1. The molecule has 3 heterocycles. The highest BCUT2D eigenvalue weighted by Crippen LogP contribution is 2.32. The number of phenolic OH excluding ortho intramolecular Hbond substituents is 1. The zero-order chi connectivity index (χ0) is 30.6. The number of para-hydroxylation sites is 2. The summed E-state index contributed by atoms with van der Waals surface area (Å²) in [6, 6.07) is 16.7. The summed E-state index contributed by atoms with van der Waals surface area (Å²) in [5.41, 5.74) is 5.11. The number of piperazine rings is 1. The number of ketones is 1. The van der Waals surface area contributed by atoms with Crippen LogP contribution in [-0.2, 0) is 6.54 Å². The van der Waals surface area contributed by atoms with E-state index in [0.29, 0.717) is 30.5 Å². The fraction of sp³-hybridized carbons (Fsp3) is 0.294. The number of benzene rings is 3. The number of H-pyrrole nitrogens is 1. The Kier molecular flexibility index (Phi) is 8.88. The minimum atomic E-state index is -0.335. The molecule has 0 unspecified atom stereocenters. The lowest BCUT2D eigenvalue weighted by Crippen LogP contribution is -2.43. The van der Waals surface area contributed by atoms with E-state index in [2.05, 4.69) is 26.2 Å². The first-order valence-corrected chi connectivity index (χ1v) is 15.4. The SMILES string of the molecule is CCOc1cc(O)c(C(=O)/C=C/c2ccc(N3CCNCC3)cc2Cl)cc1CN1CCC=C(n2c(=O)[nH]c3ccccc32)C1. The quantitative estimate of drug-likeness (QED) is 0.177. The van der Waals surface area contributed by atoms with Crippen LogP contribution in [0.5, 0.6) is 11.5 Å². The topological polar surface area (TPSA) is 103 Å². The lowest BCUT2D eigenvalue weighted by Gasteiger charge is -2.29. The summed E-state index contributed by atoms with van der Waals surface area (Å²) in [6.07, 6.45) is 5.99. The molecular weight excluding hydrogens is 578 g/mol. The van der Waals surface area contributed by atoms with E-state index in [1.165, 1.54) is 12.1 Å². The van der Waals surface area contributed by atoms with Gasteiger partial charge in [0, 0.05) is 73.9 Å². The minimum Gasteiger partial charge on any atom is -0.507 e. The van der Waals surface area contributed by atoms with Gasteiger partial charge in [-0.05, 0) is 61.4 Å². The van der Waals surface area contributed by atoms with Crippen LogP contribution < -0.4 is 20.6 Å². The van der Waals surface area contributed by atoms with Crippen LogP contribution in [0.4, 0.5) is 5.69 Å². The highest BCUT2D eigenvalue weighted by Gasteiger charge is 2.21. The Labute approximate surface area is 261 Å². The molecule has 3 N–H and O–H groups in total. The van der Waals surface area contributed by atoms with Crippen LogP contribution in [0.15, 0.2) is 71.5 Å². The van der Waals surface area contributed by atoms with Gasteiger partial charge in [-0.3, -0.25) is 14.3 Å². The Hall–Kier alpha value is -4.31. The van der Waals surface area contributed by atoms with Gasteiger partial charge >= 0.3 is 5.69 Å². The van der Waals surface area contributed by atoms with Gasteiger partial charge in [-0.2, -0.15) is 0 Å². The number of fused-ring (bicyclic) bond motifs is 1. The molecule has 0 saturated carbocycles. The number of hydrogen-bond donors (Lipinski definition) is 3. The van der Waals surface area contributed by atoms with Gasteiger partial charge in [0.15, 0.2) is 5.78 Å². The Bertz CT molecular complexity index is 1800. The molecule has 1 fully saturated rings. The lowest BCUT2D eigenvalue weighted by molar-refractivity contribution is 0.104. The molecule has 2 aliphatic rings. The third-order valence-electron chi connectivity index (χ3n) is 8.11. The van der Waals surface area contributed by atoms with Crippen molar-refractivity contribution in [3.63, 3.8) is 0 Å². The predicted molar refractivity (Wildman–Crippen MR) is 176 cm³/mol. The Morgan fingerprint density at radius 3 is 2.70 bits per heavy atom. The van der Waals surface area contributed by atoms with E-state index >= 15 is 0 Å². The monoisotopic (exact) mass is 613 g/mol. The standard InChI is InChI=1S/C34H36ClN5O4/c1-2-44-33-20-32(42)27(31(41)12-10-23-9-11-25(19-28(23)35)39-16-13-36-14-17-39)18-24(33)21-38-15-5-6-26(22-38)40-30-8-4-3-7-29(30)37-34(40)43/h3-4,6-12,18-20,36,42H,2,5,13-17,21-22H2,1H3,(H,37,43)/b12-10+. The molecule has 4 aromatic rings. The van der Waals surface area contributed by atoms with Crippen molar-refractivity contribution in [2.24, 2.45) is 0 Å². The van der Waals surface area contributed by atoms with E-state index in [1.807, 2.05) is 49.4 Å². The van der Waals surface area contributed by atoms with Crippen molar-refractivity contribution in [3.8, 4) is 11.5 Å². The molecule has 9 nitrogen and oxygen atoms in total. The van der Waals surface area contributed by atoms with Crippen LogP contribution >= 0.6 is 11.6 Å². The number of rotatable bonds is 9. The second-order valence-electron chi connectivity index (χ2n) is 11.0. The van der Waals surface area contributed by atoms with E-state index in [-0.39, 0.29) is 22.8 Å². The van der Waals surface area contributed by atoms with Crippen molar-refractivity contribution >= 4 is 45.9 Å². The van der Waals surface area contributed by atoms with Gasteiger partial charge in [-0.1, -0.05) is 35.9 Å². The summed E-state index contributed by atoms with van der Waals surface area (Å²) in [7, 11) is 0. The molecule has 228 valence electrons. The number of aromatic nitrogens is 2. The van der Waals surface area contributed by atoms with Crippen LogP contribution in [0.25, 0.3) is 22.8 Å². The van der Waals surface area contributed by atoms with Gasteiger partial charge in [0.25, 0.3) is 0 Å². The normalized spacial score (nSPS) is 16.0. The van der Waals surface area contributed by atoms with Crippen molar-refractivity contribution in [3.05, 3.63) is 98.9 Å². The second-order valence-corrected chi connectivity index (χ2v) is 11.4. The van der Waals surface area contributed by atoms with Crippen LogP contribution in [-0.4, -0.2) is 71.2 Å². The summed E-state index contributed by atoms with van der Waals surface area (Å²) in [5, 5.41) is 14.7. The average Bonchev–Trinajstić information content (AvgIpc) is 3.37. The molecule has 1 saturated heterocycles. The average molecular weight is 614 g/mol. The molecular formula is C34H36ClN5O4. The van der Waals surface area contributed by atoms with Gasteiger partial charge in [-0.15, -0.1) is 0 Å². The summed E-state index contributed by atoms with van der Waals surface area (Å²) >= 11 is 6.59. The van der Waals surface area contributed by atoms with Crippen molar-refractivity contribution in [1.82, 2.24) is 19.8 Å². The molecule has 3 aromatic carbocycles. The Balaban J connectivity index is 1.21.